The van der Waals surface area contributed by atoms with E-state index in [0.717, 1.165) is 39.1 Å². The van der Waals surface area contributed by atoms with Crippen LogP contribution in [0.4, 0.5) is 0 Å². The van der Waals surface area contributed by atoms with E-state index in [1.165, 1.54) is 0 Å². The lowest BCUT2D eigenvalue weighted by Gasteiger charge is -2.40. The van der Waals surface area contributed by atoms with Gasteiger partial charge in [0, 0.05) is 52.6 Å². The highest BCUT2D eigenvalue weighted by molar-refractivity contribution is 5.78. The van der Waals surface area contributed by atoms with Crippen molar-refractivity contribution in [2.45, 2.75) is 26.2 Å². The average Bonchev–Trinajstić information content (AvgIpc) is 2.77. The van der Waals surface area contributed by atoms with E-state index >= 15 is 0 Å². The Bertz CT molecular complexity index is 749. The van der Waals surface area contributed by atoms with Crippen LogP contribution in [0.5, 0.6) is 5.75 Å². The number of carbonyl (C=O) groups is 3. The average molecular weight is 432 g/mol. The van der Waals surface area contributed by atoms with Crippen molar-refractivity contribution in [2.75, 3.05) is 52.4 Å². The molecule has 3 rings (SSSR count). The summed E-state index contributed by atoms with van der Waals surface area (Å²) in [5.41, 5.74) is 0. The van der Waals surface area contributed by atoms with Crippen LogP contribution in [0.25, 0.3) is 0 Å². The molecular weight excluding hydrogens is 398 g/mol. The largest absolute Gasteiger partial charge is 0.484 e. The maximum atomic E-state index is 12.7. The van der Waals surface area contributed by atoms with Crippen LogP contribution in [0, 0.1) is 11.8 Å². The number of benzene rings is 1. The smallest absolute Gasteiger partial charge is 0.303 e. The number of likely N-dealkylation sites (tertiary alicyclic amines) is 1. The number of hydrogen-bond acceptors (Lipinski definition) is 5. The van der Waals surface area contributed by atoms with Crippen LogP contribution in [0.3, 0.4) is 0 Å². The van der Waals surface area contributed by atoms with Crippen molar-refractivity contribution in [1.29, 1.82) is 0 Å². The summed E-state index contributed by atoms with van der Waals surface area (Å²) in [5.74, 6) is 0.166. The molecule has 2 aliphatic rings. The zero-order valence-corrected chi connectivity index (χ0v) is 18.2. The molecule has 2 atom stereocenters. The molecule has 2 fully saturated rings. The zero-order chi connectivity index (χ0) is 22.2. The minimum absolute atomic E-state index is 0.00661. The second kappa shape index (κ2) is 11.1. The monoisotopic (exact) mass is 431 g/mol. The quantitative estimate of drug-likeness (QED) is 0.672. The van der Waals surface area contributed by atoms with Gasteiger partial charge in [-0.3, -0.25) is 19.3 Å². The third-order valence-corrected chi connectivity index (χ3v) is 6.42. The van der Waals surface area contributed by atoms with Gasteiger partial charge in [0.2, 0.25) is 5.91 Å². The maximum absolute atomic E-state index is 12.7. The van der Waals surface area contributed by atoms with Crippen LogP contribution in [0.1, 0.15) is 26.2 Å². The molecule has 0 saturated carbocycles. The molecule has 2 saturated heterocycles. The molecule has 2 aliphatic heterocycles. The normalized spacial score (nSPS) is 22.2. The number of piperidine rings is 1. The number of hydrogen-bond donors (Lipinski definition) is 1. The molecule has 2 amide bonds. The molecule has 31 heavy (non-hydrogen) atoms. The van der Waals surface area contributed by atoms with Crippen molar-refractivity contribution in [3.8, 4) is 5.75 Å². The minimum Gasteiger partial charge on any atom is -0.484 e. The Morgan fingerprint density at radius 3 is 2.35 bits per heavy atom. The van der Waals surface area contributed by atoms with Gasteiger partial charge in [-0.2, -0.15) is 0 Å². The number of piperazine rings is 1. The van der Waals surface area contributed by atoms with Gasteiger partial charge >= 0.3 is 5.97 Å². The summed E-state index contributed by atoms with van der Waals surface area (Å²) < 4.78 is 5.61. The predicted molar refractivity (Wildman–Crippen MR) is 116 cm³/mol. The van der Waals surface area contributed by atoms with Crippen molar-refractivity contribution in [2.24, 2.45) is 11.8 Å². The lowest BCUT2D eigenvalue weighted by molar-refractivity contribution is -0.140. The number of nitrogens with zero attached hydrogens (tertiary/aromatic N) is 3. The summed E-state index contributed by atoms with van der Waals surface area (Å²) in [6.07, 6.45) is 1.69. The van der Waals surface area contributed by atoms with Gasteiger partial charge in [0.05, 0.1) is 0 Å². The van der Waals surface area contributed by atoms with E-state index < -0.39 is 5.97 Å². The summed E-state index contributed by atoms with van der Waals surface area (Å²) in [6.45, 7) is 6.74. The molecule has 1 aromatic rings. The van der Waals surface area contributed by atoms with E-state index in [0.29, 0.717) is 25.3 Å². The van der Waals surface area contributed by atoms with Crippen LogP contribution < -0.4 is 4.74 Å². The Morgan fingerprint density at radius 2 is 1.71 bits per heavy atom. The zero-order valence-electron chi connectivity index (χ0n) is 18.2. The van der Waals surface area contributed by atoms with Gasteiger partial charge in [-0.25, -0.2) is 0 Å². The third-order valence-electron chi connectivity index (χ3n) is 6.42. The number of carboxylic acids is 1. The number of carboxylic acid groups (broad SMARTS) is 1. The fraction of sp³-hybridized carbons (Fsp3) is 0.609. The first-order valence-corrected chi connectivity index (χ1v) is 11.1. The van der Waals surface area contributed by atoms with Crippen LogP contribution in [0.2, 0.25) is 0 Å². The number of ether oxygens (including phenoxy) is 1. The van der Waals surface area contributed by atoms with Crippen LogP contribution in [-0.2, 0) is 14.4 Å². The summed E-state index contributed by atoms with van der Waals surface area (Å²) in [6, 6.07) is 9.27. The van der Waals surface area contributed by atoms with Gasteiger partial charge in [-0.05, 0) is 43.4 Å². The minimum atomic E-state index is -0.780. The van der Waals surface area contributed by atoms with E-state index in [2.05, 4.69) is 4.90 Å². The van der Waals surface area contributed by atoms with Crippen molar-refractivity contribution in [3.63, 3.8) is 0 Å². The van der Waals surface area contributed by atoms with Gasteiger partial charge in [-0.1, -0.05) is 18.2 Å². The van der Waals surface area contributed by atoms with E-state index in [4.69, 9.17) is 4.74 Å². The maximum Gasteiger partial charge on any atom is 0.303 e. The summed E-state index contributed by atoms with van der Waals surface area (Å²) in [5, 5.41) is 9.32. The molecular formula is C23H33N3O5. The highest BCUT2D eigenvalue weighted by atomic mass is 16.5. The molecule has 0 aromatic heterocycles. The fourth-order valence-electron chi connectivity index (χ4n) is 4.52. The summed E-state index contributed by atoms with van der Waals surface area (Å²) in [7, 11) is 0. The molecule has 170 valence electrons. The lowest BCUT2D eigenvalue weighted by atomic mass is 9.81. The Labute approximate surface area is 183 Å². The Morgan fingerprint density at radius 1 is 1.00 bits per heavy atom. The molecule has 0 aliphatic carbocycles. The van der Waals surface area contributed by atoms with E-state index in [9.17, 15) is 19.5 Å². The Balaban J connectivity index is 1.51. The molecule has 0 bridgehead atoms. The van der Waals surface area contributed by atoms with Crippen molar-refractivity contribution >= 4 is 17.8 Å². The van der Waals surface area contributed by atoms with Crippen molar-refractivity contribution in [1.82, 2.24) is 14.7 Å². The van der Waals surface area contributed by atoms with Crippen molar-refractivity contribution in [3.05, 3.63) is 30.3 Å². The topological polar surface area (TPSA) is 90.4 Å². The molecule has 0 radical (unpaired) electrons. The molecule has 1 aromatic carbocycles. The number of para-hydroxylation sites is 1. The van der Waals surface area contributed by atoms with Crippen LogP contribution >= 0.6 is 0 Å². The SMILES string of the molecule is CC(=O)N1CCN(CC[C@H]2CN(C(=O)COc3ccccc3)CC[C@H]2CC(=O)O)CC1. The molecule has 0 unspecified atom stereocenters. The second-order valence-corrected chi connectivity index (χ2v) is 8.48. The highest BCUT2D eigenvalue weighted by Gasteiger charge is 2.33. The van der Waals surface area contributed by atoms with Gasteiger partial charge in [0.15, 0.2) is 6.61 Å². The van der Waals surface area contributed by atoms with E-state index in [-0.39, 0.29) is 36.7 Å². The second-order valence-electron chi connectivity index (χ2n) is 8.48. The molecule has 2 heterocycles. The van der Waals surface area contributed by atoms with E-state index in [1.54, 1.807) is 6.92 Å². The Kier molecular flexibility index (Phi) is 8.28. The van der Waals surface area contributed by atoms with Gasteiger partial charge in [0.1, 0.15) is 5.75 Å². The first kappa shape index (κ1) is 23.1. The summed E-state index contributed by atoms with van der Waals surface area (Å²) in [4.78, 5) is 41.5. The number of carbonyl (C=O) groups excluding carboxylic acids is 2. The third kappa shape index (κ3) is 6.95. The lowest BCUT2D eigenvalue weighted by Crippen LogP contribution is -2.50. The molecule has 0 spiro atoms. The number of rotatable bonds is 8. The molecule has 8 nitrogen and oxygen atoms in total. The molecule has 1 N–H and O–H groups in total. The van der Waals surface area contributed by atoms with Crippen molar-refractivity contribution < 1.29 is 24.2 Å². The van der Waals surface area contributed by atoms with Gasteiger partial charge < -0.3 is 19.6 Å². The Hall–Kier alpha value is -2.61. The first-order chi connectivity index (χ1) is 14.9. The van der Waals surface area contributed by atoms with Gasteiger partial charge in [0.25, 0.3) is 5.91 Å². The predicted octanol–water partition coefficient (Wildman–Crippen LogP) is 1.56. The fourth-order valence-corrected chi connectivity index (χ4v) is 4.52. The van der Waals surface area contributed by atoms with Crippen LogP contribution in [-0.4, -0.2) is 90.0 Å². The highest BCUT2D eigenvalue weighted by Crippen LogP contribution is 2.30. The molecule has 8 heteroatoms. The van der Waals surface area contributed by atoms with Crippen LogP contribution in [0.15, 0.2) is 30.3 Å². The standard InChI is InChI=1S/C23H33N3O5/c1-18(27)25-13-11-24(12-14-25)9-7-20-16-26(10-8-19(20)15-23(29)30)22(28)17-31-21-5-3-2-4-6-21/h2-6,19-20H,7-17H2,1H3,(H,29,30)/t19-,20-/m0/s1. The first-order valence-electron chi connectivity index (χ1n) is 11.1. The number of aliphatic carboxylic acids is 1. The summed E-state index contributed by atoms with van der Waals surface area (Å²) >= 11 is 0. The van der Waals surface area contributed by atoms with Gasteiger partial charge in [-0.15, -0.1) is 0 Å². The van der Waals surface area contributed by atoms with E-state index in [1.807, 2.05) is 40.1 Å². The number of amides is 2.